The van der Waals surface area contributed by atoms with Gasteiger partial charge in [-0.1, -0.05) is 48.5 Å². The van der Waals surface area contributed by atoms with E-state index in [1.54, 1.807) is 6.92 Å². The van der Waals surface area contributed by atoms with E-state index < -0.39 is 5.60 Å². The molecule has 88 valence electrons. The van der Waals surface area contributed by atoms with Crippen LogP contribution in [0.4, 0.5) is 5.69 Å². The van der Waals surface area contributed by atoms with Crippen molar-refractivity contribution >= 4 is 5.69 Å². The van der Waals surface area contributed by atoms with Crippen molar-refractivity contribution in [3.63, 3.8) is 0 Å². The molecule has 2 nitrogen and oxygen atoms in total. The Balaban J connectivity index is 2.56. The number of nitrogens with two attached hydrogens (primary N) is 1. The fourth-order valence-corrected chi connectivity index (χ4v) is 2.02. The van der Waals surface area contributed by atoms with Gasteiger partial charge in [-0.05, 0) is 25.0 Å². The van der Waals surface area contributed by atoms with Crippen LogP contribution < -0.4 is 5.73 Å². The van der Waals surface area contributed by atoms with Gasteiger partial charge in [-0.3, -0.25) is 0 Å². The molecule has 0 spiro atoms. The highest BCUT2D eigenvalue weighted by Gasteiger charge is 2.27. The summed E-state index contributed by atoms with van der Waals surface area (Å²) in [7, 11) is 0. The average molecular weight is 227 g/mol. The number of anilines is 1. The van der Waals surface area contributed by atoms with Crippen molar-refractivity contribution in [3.8, 4) is 0 Å². The smallest absolute Gasteiger partial charge is 0.114 e. The summed E-state index contributed by atoms with van der Waals surface area (Å²) in [6.07, 6.45) is 0. The van der Waals surface area contributed by atoms with Crippen LogP contribution in [0.25, 0.3) is 0 Å². The van der Waals surface area contributed by atoms with Gasteiger partial charge in [0, 0.05) is 11.3 Å². The molecular weight excluding hydrogens is 210 g/mol. The number of para-hydroxylation sites is 1. The van der Waals surface area contributed by atoms with Crippen LogP contribution in [0.3, 0.4) is 0 Å². The Labute approximate surface area is 102 Å². The molecule has 2 rings (SSSR count). The Hall–Kier alpha value is -1.80. The number of aryl methyl sites for hydroxylation is 1. The molecule has 0 heterocycles. The zero-order chi connectivity index (χ0) is 12.5. The summed E-state index contributed by atoms with van der Waals surface area (Å²) in [6.45, 7) is 3.72. The molecule has 2 aromatic carbocycles. The van der Waals surface area contributed by atoms with Crippen molar-refractivity contribution < 1.29 is 5.11 Å². The minimum atomic E-state index is -1.06. The number of nitrogen functional groups attached to an aromatic ring is 1. The maximum Gasteiger partial charge on any atom is 0.114 e. The number of benzene rings is 2. The Morgan fingerprint density at radius 1 is 1.00 bits per heavy atom. The Bertz CT molecular complexity index is 518. The molecule has 0 aliphatic carbocycles. The molecule has 0 aromatic heterocycles. The Kier molecular flexibility index (Phi) is 2.90. The van der Waals surface area contributed by atoms with Crippen molar-refractivity contribution in [1.29, 1.82) is 0 Å². The van der Waals surface area contributed by atoms with Gasteiger partial charge in [0.2, 0.25) is 0 Å². The topological polar surface area (TPSA) is 46.2 Å². The van der Waals surface area contributed by atoms with Crippen LogP contribution in [0.5, 0.6) is 0 Å². The van der Waals surface area contributed by atoms with E-state index in [1.807, 2.05) is 55.5 Å². The third kappa shape index (κ3) is 2.04. The molecule has 3 N–H and O–H groups in total. The van der Waals surface area contributed by atoms with Crippen LogP contribution in [0.15, 0.2) is 48.5 Å². The minimum absolute atomic E-state index is 0.654. The highest BCUT2D eigenvalue weighted by atomic mass is 16.3. The van der Waals surface area contributed by atoms with Crippen LogP contribution in [-0.2, 0) is 5.60 Å². The molecule has 17 heavy (non-hydrogen) atoms. The highest BCUT2D eigenvalue weighted by molar-refractivity contribution is 5.57. The first-order valence-corrected chi connectivity index (χ1v) is 5.67. The van der Waals surface area contributed by atoms with Gasteiger partial charge in [0.25, 0.3) is 0 Å². The molecule has 0 bridgehead atoms. The monoisotopic (exact) mass is 227 g/mol. The fraction of sp³-hybridized carbons (Fsp3) is 0.200. The van der Waals surface area contributed by atoms with E-state index in [2.05, 4.69) is 0 Å². The second-order valence-corrected chi connectivity index (χ2v) is 4.47. The van der Waals surface area contributed by atoms with E-state index in [4.69, 9.17) is 5.73 Å². The summed E-state index contributed by atoms with van der Waals surface area (Å²) in [5.41, 5.74) is 8.22. The first-order valence-electron chi connectivity index (χ1n) is 5.67. The van der Waals surface area contributed by atoms with E-state index in [1.165, 1.54) is 0 Å². The van der Waals surface area contributed by atoms with Gasteiger partial charge in [-0.25, -0.2) is 0 Å². The minimum Gasteiger partial charge on any atom is -0.398 e. The highest BCUT2D eigenvalue weighted by Crippen LogP contribution is 2.33. The van der Waals surface area contributed by atoms with E-state index in [0.717, 1.165) is 16.7 Å². The normalized spacial score (nSPS) is 14.3. The Morgan fingerprint density at radius 3 is 2.29 bits per heavy atom. The van der Waals surface area contributed by atoms with Crippen molar-refractivity contribution in [3.05, 3.63) is 65.2 Å². The van der Waals surface area contributed by atoms with Crippen LogP contribution in [0, 0.1) is 6.92 Å². The second-order valence-electron chi connectivity index (χ2n) is 4.47. The van der Waals surface area contributed by atoms with E-state index in [-0.39, 0.29) is 0 Å². The summed E-state index contributed by atoms with van der Waals surface area (Å²) in [5.74, 6) is 0. The van der Waals surface area contributed by atoms with Crippen molar-refractivity contribution in [2.45, 2.75) is 19.4 Å². The largest absolute Gasteiger partial charge is 0.398 e. The molecule has 0 unspecified atom stereocenters. The number of hydrogen-bond donors (Lipinski definition) is 2. The lowest BCUT2D eigenvalue weighted by Gasteiger charge is -2.26. The second kappa shape index (κ2) is 4.22. The third-order valence-corrected chi connectivity index (χ3v) is 3.18. The van der Waals surface area contributed by atoms with Crippen LogP contribution >= 0.6 is 0 Å². The maximum atomic E-state index is 10.7. The molecule has 2 heteroatoms. The van der Waals surface area contributed by atoms with Gasteiger partial charge >= 0.3 is 0 Å². The van der Waals surface area contributed by atoms with Gasteiger partial charge in [0.05, 0.1) is 0 Å². The van der Waals surface area contributed by atoms with Gasteiger partial charge in [0.1, 0.15) is 5.60 Å². The van der Waals surface area contributed by atoms with Gasteiger partial charge in [-0.15, -0.1) is 0 Å². The standard InChI is InChI=1S/C15H17NO/c1-11-7-6-10-13(14(11)16)15(2,17)12-8-4-3-5-9-12/h3-10,17H,16H2,1-2H3/t15-/m1/s1. The number of rotatable bonds is 2. The lowest BCUT2D eigenvalue weighted by molar-refractivity contribution is 0.103. The molecule has 0 aliphatic heterocycles. The maximum absolute atomic E-state index is 10.7. The first kappa shape index (κ1) is 11.7. The molecule has 1 atom stereocenters. The summed E-state index contributed by atoms with van der Waals surface area (Å²) < 4.78 is 0. The summed E-state index contributed by atoms with van der Waals surface area (Å²) >= 11 is 0. The molecule has 0 radical (unpaired) electrons. The fourth-order valence-electron chi connectivity index (χ4n) is 2.02. The molecule has 0 saturated heterocycles. The van der Waals surface area contributed by atoms with E-state index in [9.17, 15) is 5.11 Å². The molecule has 2 aromatic rings. The summed E-state index contributed by atoms with van der Waals surface area (Å²) in [4.78, 5) is 0. The van der Waals surface area contributed by atoms with Crippen molar-refractivity contribution in [2.24, 2.45) is 0 Å². The average Bonchev–Trinajstić information content (AvgIpc) is 2.33. The van der Waals surface area contributed by atoms with E-state index in [0.29, 0.717) is 5.69 Å². The SMILES string of the molecule is Cc1cccc([C@](C)(O)c2ccccc2)c1N. The zero-order valence-corrected chi connectivity index (χ0v) is 10.1. The van der Waals surface area contributed by atoms with Crippen molar-refractivity contribution in [1.82, 2.24) is 0 Å². The molecular formula is C15H17NO. The van der Waals surface area contributed by atoms with Crippen LogP contribution in [-0.4, -0.2) is 5.11 Å². The predicted octanol–water partition coefficient (Wildman–Crippen LogP) is 2.83. The molecule has 0 amide bonds. The van der Waals surface area contributed by atoms with Crippen LogP contribution in [0.1, 0.15) is 23.6 Å². The predicted molar refractivity (Wildman–Crippen MR) is 70.7 cm³/mol. The summed E-state index contributed by atoms with van der Waals surface area (Å²) in [5, 5.41) is 10.7. The van der Waals surface area contributed by atoms with Crippen molar-refractivity contribution in [2.75, 3.05) is 5.73 Å². The molecule has 0 fully saturated rings. The van der Waals surface area contributed by atoms with Crippen LogP contribution in [0.2, 0.25) is 0 Å². The number of aliphatic hydroxyl groups is 1. The molecule has 0 aliphatic rings. The zero-order valence-electron chi connectivity index (χ0n) is 10.1. The van der Waals surface area contributed by atoms with E-state index >= 15 is 0 Å². The van der Waals surface area contributed by atoms with Gasteiger partial charge in [0.15, 0.2) is 0 Å². The lowest BCUT2D eigenvalue weighted by atomic mass is 9.86. The van der Waals surface area contributed by atoms with Gasteiger partial charge < -0.3 is 10.8 Å². The Morgan fingerprint density at radius 2 is 1.65 bits per heavy atom. The van der Waals surface area contributed by atoms with Gasteiger partial charge in [-0.2, -0.15) is 0 Å². The summed E-state index contributed by atoms with van der Waals surface area (Å²) in [6, 6.07) is 15.3. The first-order chi connectivity index (χ1) is 8.03. The quantitative estimate of drug-likeness (QED) is 0.775. The molecule has 0 saturated carbocycles. The number of hydrogen-bond acceptors (Lipinski definition) is 2. The lowest BCUT2D eigenvalue weighted by Crippen LogP contribution is -2.24. The third-order valence-electron chi connectivity index (χ3n) is 3.18.